The molecule has 2 unspecified atom stereocenters. The van der Waals surface area contributed by atoms with Crippen molar-refractivity contribution >= 4 is 0 Å². The molecule has 0 aromatic heterocycles. The first-order valence-corrected chi connectivity index (χ1v) is 14.6. The third-order valence-corrected chi connectivity index (χ3v) is 8.63. The fourth-order valence-electron chi connectivity index (χ4n) is 6.36. The zero-order valence-electron chi connectivity index (χ0n) is 21.9. The smallest absolute Gasteiger partial charge is 0.0825 e. The van der Waals surface area contributed by atoms with E-state index < -0.39 is 0 Å². The van der Waals surface area contributed by atoms with Crippen molar-refractivity contribution in [1.29, 1.82) is 0 Å². The Bertz CT molecular complexity index is 805. The van der Waals surface area contributed by atoms with E-state index >= 15 is 0 Å². The van der Waals surface area contributed by atoms with Crippen molar-refractivity contribution in [2.24, 2.45) is 11.8 Å². The molecule has 1 heteroatoms. The average Bonchev–Trinajstić information content (AvgIpc) is 2.90. The Morgan fingerprint density at radius 3 is 1.79 bits per heavy atom. The first-order valence-electron chi connectivity index (χ1n) is 14.6. The summed E-state index contributed by atoms with van der Waals surface area (Å²) in [6, 6.07) is 18.6. The number of ether oxygens (including phenoxy) is 1. The molecular weight excluding hydrogens is 412 g/mol. The Morgan fingerprint density at radius 2 is 1.21 bits per heavy atom. The molecular formula is C33H48O. The maximum atomic E-state index is 6.31. The van der Waals surface area contributed by atoms with Crippen molar-refractivity contribution in [1.82, 2.24) is 0 Å². The minimum Gasteiger partial charge on any atom is -0.373 e. The molecule has 0 spiro atoms. The molecule has 1 nitrogen and oxygen atoms in total. The van der Waals surface area contributed by atoms with Crippen molar-refractivity contribution in [2.45, 2.75) is 116 Å². The first kappa shape index (κ1) is 25.5. The fraction of sp³-hybridized carbons (Fsp3) is 0.636. The van der Waals surface area contributed by atoms with Crippen LogP contribution in [0.3, 0.4) is 0 Å². The minimum atomic E-state index is 0.288. The van der Waals surface area contributed by atoms with E-state index in [4.69, 9.17) is 4.74 Å². The zero-order chi connectivity index (χ0) is 23.6. The second-order valence-electron chi connectivity index (χ2n) is 11.2. The van der Waals surface area contributed by atoms with Gasteiger partial charge in [-0.25, -0.2) is 0 Å². The summed E-state index contributed by atoms with van der Waals surface area (Å²) in [6.07, 6.45) is 19.4. The minimum absolute atomic E-state index is 0.288. The van der Waals surface area contributed by atoms with E-state index in [1.165, 1.54) is 107 Å². The van der Waals surface area contributed by atoms with Crippen LogP contribution < -0.4 is 0 Å². The first-order chi connectivity index (χ1) is 16.8. The Morgan fingerprint density at radius 1 is 0.588 bits per heavy atom. The van der Waals surface area contributed by atoms with E-state index in [9.17, 15) is 0 Å². The molecule has 0 bridgehead atoms. The Labute approximate surface area is 209 Å². The number of rotatable bonds is 11. The van der Waals surface area contributed by atoms with Gasteiger partial charge in [-0.15, -0.1) is 0 Å². The summed E-state index contributed by atoms with van der Waals surface area (Å²) in [6.45, 7) is 5.56. The lowest BCUT2D eigenvalue weighted by Gasteiger charge is -2.29. The Hall–Kier alpha value is -1.60. The fourth-order valence-corrected chi connectivity index (χ4v) is 6.36. The lowest BCUT2D eigenvalue weighted by atomic mass is 9.77. The number of unbranched alkanes of at least 4 members (excludes halogenated alkanes) is 4. The van der Waals surface area contributed by atoms with Crippen LogP contribution in [-0.2, 0) is 4.74 Å². The van der Waals surface area contributed by atoms with Gasteiger partial charge in [0.05, 0.1) is 12.7 Å². The van der Waals surface area contributed by atoms with Gasteiger partial charge >= 0.3 is 0 Å². The molecule has 2 aromatic carbocycles. The topological polar surface area (TPSA) is 9.23 Å². The van der Waals surface area contributed by atoms with Crippen molar-refractivity contribution in [3.8, 4) is 11.1 Å². The number of hydrogen-bond donors (Lipinski definition) is 0. The Kier molecular flexibility index (Phi) is 10.1. The molecule has 2 aliphatic rings. The number of benzene rings is 2. The van der Waals surface area contributed by atoms with Gasteiger partial charge in [0.15, 0.2) is 0 Å². The largest absolute Gasteiger partial charge is 0.373 e. The van der Waals surface area contributed by atoms with E-state index in [1.54, 1.807) is 5.56 Å². The summed E-state index contributed by atoms with van der Waals surface area (Å²) in [7, 11) is 0. The summed E-state index contributed by atoms with van der Waals surface area (Å²) < 4.78 is 6.31. The van der Waals surface area contributed by atoms with Crippen LogP contribution in [0, 0.1) is 11.8 Å². The van der Waals surface area contributed by atoms with Gasteiger partial charge in [0.2, 0.25) is 0 Å². The van der Waals surface area contributed by atoms with Crippen molar-refractivity contribution < 1.29 is 4.74 Å². The molecule has 0 amide bonds. The molecule has 186 valence electrons. The molecule has 4 rings (SSSR count). The molecule has 2 fully saturated rings. The maximum absolute atomic E-state index is 6.31. The van der Waals surface area contributed by atoms with Crippen LogP contribution in [-0.4, -0.2) is 6.61 Å². The summed E-state index contributed by atoms with van der Waals surface area (Å²) in [5.74, 6) is 2.53. The second kappa shape index (κ2) is 13.5. The summed E-state index contributed by atoms with van der Waals surface area (Å²) in [5.41, 5.74) is 5.56. The van der Waals surface area contributed by atoms with Crippen LogP contribution in [0.4, 0.5) is 0 Å². The highest BCUT2D eigenvalue weighted by molar-refractivity contribution is 5.64. The summed E-state index contributed by atoms with van der Waals surface area (Å²) in [4.78, 5) is 0. The van der Waals surface area contributed by atoms with Gasteiger partial charge in [-0.3, -0.25) is 0 Å². The third kappa shape index (κ3) is 7.20. The van der Waals surface area contributed by atoms with Crippen molar-refractivity contribution in [3.63, 3.8) is 0 Å². The standard InChI is InChI=1S/C33H48O/c1-3-5-6-7-8-10-27-13-24-33(34-25-27)32-22-20-31(21-23-32)30-18-16-29(17-19-30)28-14-11-26(9-4-2)12-15-28/h16-23,26-28,33H,3-15,24-25H2,1-2H3/t26-,27?,28-,33?. The lowest BCUT2D eigenvalue weighted by Crippen LogP contribution is -2.20. The van der Waals surface area contributed by atoms with Gasteiger partial charge in [-0.05, 0) is 85.0 Å². The van der Waals surface area contributed by atoms with Gasteiger partial charge in [-0.1, -0.05) is 107 Å². The molecule has 1 saturated carbocycles. The monoisotopic (exact) mass is 460 g/mol. The molecule has 0 N–H and O–H groups in total. The molecule has 1 heterocycles. The molecule has 1 aliphatic carbocycles. The van der Waals surface area contributed by atoms with Crippen LogP contribution in [0.1, 0.15) is 127 Å². The van der Waals surface area contributed by atoms with Crippen molar-refractivity contribution in [3.05, 3.63) is 59.7 Å². The van der Waals surface area contributed by atoms with E-state index in [1.807, 2.05) is 0 Å². The van der Waals surface area contributed by atoms with Crippen molar-refractivity contribution in [2.75, 3.05) is 6.61 Å². The van der Waals surface area contributed by atoms with Gasteiger partial charge in [0, 0.05) is 0 Å². The normalized spacial score (nSPS) is 25.4. The molecule has 0 radical (unpaired) electrons. The number of hydrogen-bond acceptors (Lipinski definition) is 1. The quantitative estimate of drug-likeness (QED) is 0.303. The van der Waals surface area contributed by atoms with Crippen LogP contribution in [0.15, 0.2) is 48.5 Å². The lowest BCUT2D eigenvalue weighted by molar-refractivity contribution is -0.0198. The summed E-state index contributed by atoms with van der Waals surface area (Å²) in [5, 5.41) is 0. The Balaban J connectivity index is 1.24. The summed E-state index contributed by atoms with van der Waals surface area (Å²) >= 11 is 0. The molecule has 1 aliphatic heterocycles. The van der Waals surface area contributed by atoms with Crippen LogP contribution in [0.5, 0.6) is 0 Å². The highest BCUT2D eigenvalue weighted by Crippen LogP contribution is 2.38. The van der Waals surface area contributed by atoms with Gasteiger partial charge in [0.25, 0.3) is 0 Å². The highest BCUT2D eigenvalue weighted by atomic mass is 16.5. The predicted molar refractivity (Wildman–Crippen MR) is 146 cm³/mol. The van der Waals surface area contributed by atoms with Crippen LogP contribution in [0.25, 0.3) is 11.1 Å². The average molecular weight is 461 g/mol. The van der Waals surface area contributed by atoms with Crippen LogP contribution in [0.2, 0.25) is 0 Å². The third-order valence-electron chi connectivity index (χ3n) is 8.63. The predicted octanol–water partition coefficient (Wildman–Crippen LogP) is 10.3. The molecule has 1 saturated heterocycles. The van der Waals surface area contributed by atoms with Gasteiger partial charge in [-0.2, -0.15) is 0 Å². The van der Waals surface area contributed by atoms with Gasteiger partial charge in [0.1, 0.15) is 0 Å². The maximum Gasteiger partial charge on any atom is 0.0825 e. The SMILES string of the molecule is CCCCCCCC1CCC(c2ccc(-c3ccc([C@H]4CC[C@H](CCC)CC4)cc3)cc2)OC1. The van der Waals surface area contributed by atoms with Gasteiger partial charge < -0.3 is 4.74 Å². The highest BCUT2D eigenvalue weighted by Gasteiger charge is 2.23. The molecule has 2 atom stereocenters. The van der Waals surface area contributed by atoms with E-state index in [2.05, 4.69) is 62.4 Å². The zero-order valence-corrected chi connectivity index (χ0v) is 21.9. The van der Waals surface area contributed by atoms with E-state index in [0.29, 0.717) is 0 Å². The molecule has 2 aromatic rings. The van der Waals surface area contributed by atoms with E-state index in [-0.39, 0.29) is 6.10 Å². The second-order valence-corrected chi connectivity index (χ2v) is 11.2. The van der Waals surface area contributed by atoms with Crippen LogP contribution >= 0.6 is 0 Å². The van der Waals surface area contributed by atoms with E-state index in [0.717, 1.165) is 24.4 Å². The molecule has 34 heavy (non-hydrogen) atoms.